The zero-order chi connectivity index (χ0) is 23.9. The van der Waals surface area contributed by atoms with Gasteiger partial charge >= 0.3 is 5.69 Å². The molecule has 1 aromatic carbocycles. The molecule has 180 valence electrons. The summed E-state index contributed by atoms with van der Waals surface area (Å²) in [6, 6.07) is 4.68. The molecule has 2 amide bonds. The highest BCUT2D eigenvalue weighted by Gasteiger charge is 2.32. The molecule has 10 nitrogen and oxygen atoms in total. The molecular formula is C23H32N4O6. The first-order valence-electron chi connectivity index (χ1n) is 11.3. The van der Waals surface area contributed by atoms with Crippen molar-refractivity contribution in [3.05, 3.63) is 28.7 Å². The summed E-state index contributed by atoms with van der Waals surface area (Å²) < 4.78 is 14.8. The molecule has 2 aliphatic heterocycles. The summed E-state index contributed by atoms with van der Waals surface area (Å²) in [5.41, 5.74) is 0.551. The largest absolute Gasteiger partial charge is 0.490 e. The normalized spacial score (nSPS) is 21.9. The summed E-state index contributed by atoms with van der Waals surface area (Å²) in [6.07, 6.45) is 1.01. The second-order valence-electron chi connectivity index (χ2n) is 9.74. The van der Waals surface area contributed by atoms with Gasteiger partial charge < -0.3 is 14.6 Å². The Morgan fingerprint density at radius 1 is 1.09 bits per heavy atom. The van der Waals surface area contributed by atoms with Crippen LogP contribution in [0.3, 0.4) is 0 Å². The molecule has 10 heteroatoms. The number of nitrogens with one attached hydrogen (secondary N) is 1. The van der Waals surface area contributed by atoms with Crippen LogP contribution in [0.25, 0.3) is 11.0 Å². The van der Waals surface area contributed by atoms with Gasteiger partial charge in [0.05, 0.1) is 16.6 Å². The van der Waals surface area contributed by atoms with Crippen LogP contribution in [0.4, 0.5) is 0 Å². The minimum absolute atomic E-state index is 0.0187. The summed E-state index contributed by atoms with van der Waals surface area (Å²) in [5.74, 6) is -0.127. The summed E-state index contributed by atoms with van der Waals surface area (Å²) >= 11 is 0. The smallest absolute Gasteiger partial charge is 0.329 e. The monoisotopic (exact) mass is 460 g/mol. The van der Waals surface area contributed by atoms with E-state index in [0.717, 1.165) is 12.8 Å². The van der Waals surface area contributed by atoms with Crippen LogP contribution >= 0.6 is 0 Å². The van der Waals surface area contributed by atoms with E-state index in [9.17, 15) is 19.5 Å². The number of hydrogen-bond donors (Lipinski definition) is 2. The van der Waals surface area contributed by atoms with E-state index >= 15 is 0 Å². The molecule has 2 fully saturated rings. The third-order valence-electron chi connectivity index (χ3n) is 6.13. The lowest BCUT2D eigenvalue weighted by Crippen LogP contribution is -2.47. The van der Waals surface area contributed by atoms with E-state index in [0.29, 0.717) is 36.3 Å². The second-order valence-corrected chi connectivity index (χ2v) is 9.74. The van der Waals surface area contributed by atoms with Gasteiger partial charge in [-0.2, -0.15) is 0 Å². The van der Waals surface area contributed by atoms with Gasteiger partial charge in [-0.15, -0.1) is 0 Å². The van der Waals surface area contributed by atoms with Crippen LogP contribution in [-0.4, -0.2) is 62.2 Å². The Kier molecular flexibility index (Phi) is 6.35. The Morgan fingerprint density at radius 3 is 2.42 bits per heavy atom. The number of amides is 2. The van der Waals surface area contributed by atoms with Gasteiger partial charge in [0.25, 0.3) is 0 Å². The van der Waals surface area contributed by atoms with Crippen molar-refractivity contribution < 1.29 is 24.2 Å². The van der Waals surface area contributed by atoms with Crippen LogP contribution in [0.5, 0.6) is 5.75 Å². The van der Waals surface area contributed by atoms with Crippen LogP contribution in [-0.2, 0) is 21.4 Å². The van der Waals surface area contributed by atoms with Gasteiger partial charge in [-0.1, -0.05) is 0 Å². The number of aliphatic hydroxyl groups is 1. The number of fused-ring (bicyclic) bond motifs is 1. The fourth-order valence-electron chi connectivity index (χ4n) is 4.44. The number of benzene rings is 1. The number of nitrogens with zero attached hydrogens (tertiary/aromatic N) is 3. The number of carbonyl (C=O) groups is 2. The Bertz CT molecular complexity index is 1110. The van der Waals surface area contributed by atoms with Crippen molar-refractivity contribution in [3.63, 3.8) is 0 Å². The molecule has 2 atom stereocenters. The molecule has 1 aromatic heterocycles. The standard InChI is InChI=1S/C23H32N4O6/c1-23(2,3)33-22(31)26-11-9-14(10-12-26)32-15-5-6-16-18(13-15)25(4)21(30)27(16)17-7-8-19(28)24-20(17)29/h5-6,13-14,17,22,31H,7-12H2,1-4H3,(H,24,28,29). The molecular weight excluding hydrogens is 428 g/mol. The van der Waals surface area contributed by atoms with Crippen molar-refractivity contribution in [2.24, 2.45) is 7.05 Å². The molecule has 0 bridgehead atoms. The van der Waals surface area contributed by atoms with Gasteiger partial charge in [0, 0.05) is 32.6 Å². The Balaban J connectivity index is 1.46. The van der Waals surface area contributed by atoms with Crippen LogP contribution in [0.2, 0.25) is 0 Å². The Labute approximate surface area is 192 Å². The van der Waals surface area contributed by atoms with Crippen LogP contribution in [0.15, 0.2) is 23.0 Å². The van der Waals surface area contributed by atoms with E-state index in [4.69, 9.17) is 9.47 Å². The summed E-state index contributed by atoms with van der Waals surface area (Å²) in [4.78, 5) is 38.6. The maximum atomic E-state index is 12.9. The predicted molar refractivity (Wildman–Crippen MR) is 121 cm³/mol. The zero-order valence-electron chi connectivity index (χ0n) is 19.5. The third-order valence-corrected chi connectivity index (χ3v) is 6.13. The fraction of sp³-hybridized carbons (Fsp3) is 0.609. The number of aliphatic hydroxyl groups excluding tert-OH is 1. The van der Waals surface area contributed by atoms with E-state index in [-0.39, 0.29) is 24.1 Å². The van der Waals surface area contributed by atoms with E-state index in [1.165, 1.54) is 9.13 Å². The molecule has 4 rings (SSSR count). The van der Waals surface area contributed by atoms with Crippen LogP contribution < -0.4 is 15.7 Å². The number of hydrogen-bond acceptors (Lipinski definition) is 7. The molecule has 2 aliphatic rings. The molecule has 2 aromatic rings. The molecule has 2 N–H and O–H groups in total. The molecule has 3 heterocycles. The molecule has 2 saturated heterocycles. The highest BCUT2D eigenvalue weighted by Crippen LogP contribution is 2.27. The predicted octanol–water partition coefficient (Wildman–Crippen LogP) is 1.25. The maximum Gasteiger partial charge on any atom is 0.329 e. The van der Waals surface area contributed by atoms with Crippen molar-refractivity contribution in [3.8, 4) is 5.75 Å². The number of aromatic nitrogens is 2. The lowest BCUT2D eigenvalue weighted by atomic mass is 10.1. The van der Waals surface area contributed by atoms with Crippen molar-refractivity contribution in [2.45, 2.75) is 70.6 Å². The number of imide groups is 1. The highest BCUT2D eigenvalue weighted by molar-refractivity contribution is 6.00. The molecule has 33 heavy (non-hydrogen) atoms. The van der Waals surface area contributed by atoms with Crippen molar-refractivity contribution in [1.29, 1.82) is 0 Å². The van der Waals surface area contributed by atoms with E-state index in [1.807, 2.05) is 31.7 Å². The van der Waals surface area contributed by atoms with Gasteiger partial charge in [0.1, 0.15) is 17.9 Å². The first-order valence-corrected chi connectivity index (χ1v) is 11.3. The molecule has 0 aliphatic carbocycles. The molecule has 0 spiro atoms. The minimum atomic E-state index is -0.941. The summed E-state index contributed by atoms with van der Waals surface area (Å²) in [5, 5.41) is 12.6. The molecule has 0 saturated carbocycles. The highest BCUT2D eigenvalue weighted by atomic mass is 16.6. The Morgan fingerprint density at radius 2 is 1.79 bits per heavy atom. The number of rotatable bonds is 5. The first-order chi connectivity index (χ1) is 15.5. The summed E-state index contributed by atoms with van der Waals surface area (Å²) in [7, 11) is 1.66. The number of carbonyl (C=O) groups excluding carboxylic acids is 2. The SMILES string of the molecule is Cn1c(=O)n(C2CCC(=O)NC2=O)c2ccc(OC3CCN(C(O)OC(C)(C)C)CC3)cc21. The number of piperidine rings is 2. The quantitative estimate of drug-likeness (QED) is 0.510. The van der Waals surface area contributed by atoms with Gasteiger partial charge in [-0.05, 0) is 52.2 Å². The Hall–Kier alpha value is -2.69. The van der Waals surface area contributed by atoms with Crippen molar-refractivity contribution >= 4 is 22.8 Å². The number of imidazole rings is 1. The van der Waals surface area contributed by atoms with Gasteiger partial charge in [-0.3, -0.25) is 28.9 Å². The van der Waals surface area contributed by atoms with Gasteiger partial charge in [-0.25, -0.2) is 4.79 Å². The fourth-order valence-corrected chi connectivity index (χ4v) is 4.44. The van der Waals surface area contributed by atoms with Crippen LogP contribution in [0, 0.1) is 0 Å². The van der Waals surface area contributed by atoms with Crippen molar-refractivity contribution in [2.75, 3.05) is 13.1 Å². The molecule has 0 radical (unpaired) electrons. The number of aryl methyl sites for hydroxylation is 1. The van der Waals surface area contributed by atoms with Crippen molar-refractivity contribution in [1.82, 2.24) is 19.4 Å². The van der Waals surface area contributed by atoms with Crippen LogP contribution in [0.1, 0.15) is 52.5 Å². The van der Waals surface area contributed by atoms with Gasteiger partial charge in [0.2, 0.25) is 18.2 Å². The first kappa shape index (κ1) is 23.5. The third kappa shape index (κ3) is 4.97. The average Bonchev–Trinajstić information content (AvgIpc) is 2.98. The average molecular weight is 461 g/mol. The van der Waals surface area contributed by atoms with E-state index < -0.39 is 24.0 Å². The van der Waals surface area contributed by atoms with E-state index in [2.05, 4.69) is 5.32 Å². The maximum absolute atomic E-state index is 12.9. The molecule has 2 unspecified atom stereocenters. The lowest BCUT2D eigenvalue weighted by molar-refractivity contribution is -0.244. The minimum Gasteiger partial charge on any atom is -0.490 e. The summed E-state index contributed by atoms with van der Waals surface area (Å²) in [6.45, 7) is 7.01. The zero-order valence-corrected chi connectivity index (χ0v) is 19.5. The number of likely N-dealkylation sites (tertiary alicyclic amines) is 1. The van der Waals surface area contributed by atoms with E-state index in [1.54, 1.807) is 19.2 Å². The topological polar surface area (TPSA) is 115 Å². The lowest BCUT2D eigenvalue weighted by Gasteiger charge is -2.37. The van der Waals surface area contributed by atoms with Gasteiger partial charge in [0.15, 0.2) is 0 Å². The second kappa shape index (κ2) is 8.92. The number of ether oxygens (including phenoxy) is 2.